The largest absolute Gasteiger partial charge is 0.496 e. The Labute approximate surface area is 181 Å². The summed E-state index contributed by atoms with van der Waals surface area (Å²) in [5.41, 5.74) is 2.64. The van der Waals surface area contributed by atoms with E-state index in [0.29, 0.717) is 24.5 Å². The first-order valence-corrected chi connectivity index (χ1v) is 10.5. The average Bonchev–Trinajstić information content (AvgIpc) is 3.14. The van der Waals surface area contributed by atoms with Gasteiger partial charge in [-0.3, -0.25) is 4.79 Å². The van der Waals surface area contributed by atoms with Gasteiger partial charge < -0.3 is 18.8 Å². The van der Waals surface area contributed by atoms with E-state index in [1.807, 2.05) is 71.9 Å². The zero-order valence-electron chi connectivity index (χ0n) is 17.4. The van der Waals surface area contributed by atoms with Crippen LogP contribution in [0.4, 0.5) is 0 Å². The van der Waals surface area contributed by atoms with Crippen molar-refractivity contribution in [1.29, 1.82) is 0 Å². The smallest absolute Gasteiger partial charge is 0.223 e. The zero-order chi connectivity index (χ0) is 21.3. The van der Waals surface area contributed by atoms with E-state index in [1.54, 1.807) is 7.11 Å². The lowest BCUT2D eigenvalue weighted by Crippen LogP contribution is -2.48. The van der Waals surface area contributed by atoms with Crippen LogP contribution in [0.25, 0.3) is 5.65 Å². The number of amides is 1. The number of fused-ring (bicyclic) bond motifs is 1. The number of nitrogens with zero attached hydrogens (tertiary/aromatic N) is 3. The molecule has 2 aromatic heterocycles. The van der Waals surface area contributed by atoms with E-state index < -0.39 is 0 Å². The molecule has 0 bridgehead atoms. The second-order valence-corrected chi connectivity index (χ2v) is 8.25. The number of methoxy groups -OCH3 is 1. The molecular weight excluding hydrogens is 402 g/mol. The highest BCUT2D eigenvalue weighted by molar-refractivity contribution is 6.30. The summed E-state index contributed by atoms with van der Waals surface area (Å²) in [5.74, 6) is 0.608. The molecule has 6 nitrogen and oxygen atoms in total. The Bertz CT molecular complexity index is 1040. The van der Waals surface area contributed by atoms with Gasteiger partial charge in [0, 0.05) is 43.4 Å². The number of ether oxygens (including phenoxy) is 2. The second kappa shape index (κ2) is 8.66. The van der Waals surface area contributed by atoms with E-state index in [2.05, 4.69) is 4.98 Å². The molecule has 4 rings (SSSR count). The predicted octanol–water partition coefficient (Wildman–Crippen LogP) is 4.15. The van der Waals surface area contributed by atoms with Crippen LogP contribution in [0, 0.1) is 0 Å². The van der Waals surface area contributed by atoms with Crippen molar-refractivity contribution in [3.05, 3.63) is 65.1 Å². The first-order valence-electron chi connectivity index (χ1n) is 10.1. The van der Waals surface area contributed by atoms with Crippen LogP contribution in [-0.2, 0) is 9.53 Å². The van der Waals surface area contributed by atoms with Gasteiger partial charge in [0.15, 0.2) is 0 Å². The highest BCUT2D eigenvalue weighted by Gasteiger charge is 2.30. The number of imidazole rings is 1. The van der Waals surface area contributed by atoms with Crippen LogP contribution in [0.15, 0.2) is 48.8 Å². The summed E-state index contributed by atoms with van der Waals surface area (Å²) in [6.45, 7) is 5.20. The van der Waals surface area contributed by atoms with Crippen LogP contribution in [0.2, 0.25) is 5.02 Å². The molecule has 1 aliphatic rings. The molecule has 3 atom stereocenters. The van der Waals surface area contributed by atoms with Crippen LogP contribution in [-0.4, -0.2) is 52.6 Å². The van der Waals surface area contributed by atoms with Crippen molar-refractivity contribution in [2.24, 2.45) is 0 Å². The first-order chi connectivity index (χ1) is 14.5. The average molecular weight is 428 g/mol. The Morgan fingerprint density at radius 2 is 1.97 bits per heavy atom. The van der Waals surface area contributed by atoms with Crippen LogP contribution in [0.1, 0.15) is 37.4 Å². The first kappa shape index (κ1) is 20.7. The van der Waals surface area contributed by atoms with Crippen molar-refractivity contribution in [2.45, 2.75) is 38.4 Å². The van der Waals surface area contributed by atoms with Gasteiger partial charge in [-0.2, -0.15) is 0 Å². The molecule has 0 saturated carbocycles. The van der Waals surface area contributed by atoms with Gasteiger partial charge in [-0.25, -0.2) is 4.98 Å². The minimum absolute atomic E-state index is 0.0250. The summed E-state index contributed by atoms with van der Waals surface area (Å²) in [6.07, 6.45) is 4.01. The van der Waals surface area contributed by atoms with E-state index in [4.69, 9.17) is 21.1 Å². The third kappa shape index (κ3) is 4.16. The maximum Gasteiger partial charge on any atom is 0.223 e. The Balaban J connectivity index is 1.74. The van der Waals surface area contributed by atoms with Crippen LogP contribution >= 0.6 is 11.6 Å². The summed E-state index contributed by atoms with van der Waals surface area (Å²) < 4.78 is 13.4. The molecule has 1 aromatic carbocycles. The minimum atomic E-state index is -0.226. The van der Waals surface area contributed by atoms with Crippen molar-refractivity contribution in [3.8, 4) is 5.75 Å². The van der Waals surface area contributed by atoms with Crippen molar-refractivity contribution in [3.63, 3.8) is 0 Å². The molecule has 0 radical (unpaired) electrons. The van der Waals surface area contributed by atoms with Crippen LogP contribution < -0.4 is 4.74 Å². The van der Waals surface area contributed by atoms with Crippen molar-refractivity contribution in [2.75, 3.05) is 20.2 Å². The molecule has 0 aliphatic carbocycles. The fourth-order valence-electron chi connectivity index (χ4n) is 4.24. The zero-order valence-corrected chi connectivity index (χ0v) is 18.2. The van der Waals surface area contributed by atoms with Gasteiger partial charge in [0.25, 0.3) is 0 Å². The van der Waals surface area contributed by atoms with Crippen molar-refractivity contribution >= 4 is 23.2 Å². The number of carbonyl (C=O) groups excluding carboxylic acids is 1. The third-order valence-electron chi connectivity index (χ3n) is 5.52. The fraction of sp³-hybridized carbons (Fsp3) is 0.391. The summed E-state index contributed by atoms with van der Waals surface area (Å²) in [4.78, 5) is 19.8. The molecule has 3 heterocycles. The standard InChI is InChI=1S/C23H26ClN3O3/c1-15-12-26(13-16(2)30-15)23(28)10-19(18-6-4-5-7-21(18)29-3)20-11-25-22-9-8-17(24)14-27(20)22/h4-9,11,14-16,19H,10,12-13H2,1-3H3. The van der Waals surface area contributed by atoms with Gasteiger partial charge in [0.05, 0.1) is 30.0 Å². The Kier molecular flexibility index (Phi) is 5.97. The number of aromatic nitrogens is 2. The molecular formula is C23H26ClN3O3. The Morgan fingerprint density at radius 1 is 1.23 bits per heavy atom. The maximum atomic E-state index is 13.3. The number of hydrogen-bond acceptors (Lipinski definition) is 4. The lowest BCUT2D eigenvalue weighted by Gasteiger charge is -2.36. The molecule has 1 aliphatic heterocycles. The number of morpholine rings is 1. The lowest BCUT2D eigenvalue weighted by molar-refractivity contribution is -0.143. The highest BCUT2D eigenvalue weighted by atomic mass is 35.5. The molecule has 30 heavy (non-hydrogen) atoms. The number of rotatable bonds is 5. The minimum Gasteiger partial charge on any atom is -0.496 e. The summed E-state index contributed by atoms with van der Waals surface area (Å²) in [6, 6.07) is 11.5. The molecule has 3 unspecified atom stereocenters. The number of para-hydroxylation sites is 1. The molecule has 1 amide bonds. The van der Waals surface area contributed by atoms with Crippen LogP contribution in [0.5, 0.6) is 5.75 Å². The van der Waals surface area contributed by atoms with E-state index >= 15 is 0 Å². The van der Waals surface area contributed by atoms with Crippen molar-refractivity contribution in [1.82, 2.24) is 14.3 Å². The Morgan fingerprint density at radius 3 is 2.70 bits per heavy atom. The summed E-state index contributed by atoms with van der Waals surface area (Å²) in [5, 5.41) is 0.614. The number of pyridine rings is 1. The monoisotopic (exact) mass is 427 g/mol. The lowest BCUT2D eigenvalue weighted by atomic mass is 9.91. The van der Waals surface area contributed by atoms with Gasteiger partial charge in [0.1, 0.15) is 11.4 Å². The van der Waals surface area contributed by atoms with Crippen molar-refractivity contribution < 1.29 is 14.3 Å². The predicted molar refractivity (Wildman–Crippen MR) is 116 cm³/mol. The van der Waals surface area contributed by atoms with E-state index in [-0.39, 0.29) is 24.0 Å². The second-order valence-electron chi connectivity index (χ2n) is 7.81. The number of benzene rings is 1. The molecule has 158 valence electrons. The molecule has 3 aromatic rings. The number of hydrogen-bond donors (Lipinski definition) is 0. The fourth-order valence-corrected chi connectivity index (χ4v) is 4.41. The third-order valence-corrected chi connectivity index (χ3v) is 5.74. The topological polar surface area (TPSA) is 56.1 Å². The molecule has 1 saturated heterocycles. The summed E-state index contributed by atoms with van der Waals surface area (Å²) in [7, 11) is 1.65. The number of halogens is 1. The molecule has 0 spiro atoms. The SMILES string of the molecule is COc1ccccc1C(CC(=O)N1CC(C)OC(C)C1)c1cnc2ccc(Cl)cn12. The van der Waals surface area contributed by atoms with Gasteiger partial charge in [-0.05, 0) is 32.0 Å². The Hall–Kier alpha value is -2.57. The summed E-state index contributed by atoms with van der Waals surface area (Å²) >= 11 is 6.25. The van der Waals surface area contributed by atoms with Gasteiger partial charge in [-0.15, -0.1) is 0 Å². The van der Waals surface area contributed by atoms with E-state index in [1.165, 1.54) is 0 Å². The molecule has 1 fully saturated rings. The van der Waals surface area contributed by atoms with Gasteiger partial charge >= 0.3 is 0 Å². The van der Waals surface area contributed by atoms with E-state index in [9.17, 15) is 4.79 Å². The number of carbonyl (C=O) groups is 1. The quantitative estimate of drug-likeness (QED) is 0.613. The molecule has 0 N–H and O–H groups in total. The van der Waals surface area contributed by atoms with Crippen LogP contribution in [0.3, 0.4) is 0 Å². The maximum absolute atomic E-state index is 13.3. The van der Waals surface area contributed by atoms with Gasteiger partial charge in [0.2, 0.25) is 5.91 Å². The van der Waals surface area contributed by atoms with Gasteiger partial charge in [-0.1, -0.05) is 29.8 Å². The highest BCUT2D eigenvalue weighted by Crippen LogP contribution is 2.35. The van der Waals surface area contributed by atoms with E-state index in [0.717, 1.165) is 22.7 Å². The molecule has 7 heteroatoms. The normalized spacial score (nSPS) is 20.3.